The summed E-state index contributed by atoms with van der Waals surface area (Å²) in [5.74, 6) is 0. The molecule has 0 unspecified atom stereocenters. The zero-order valence-corrected chi connectivity index (χ0v) is 18.8. The van der Waals surface area contributed by atoms with Gasteiger partial charge in [0.1, 0.15) is 0 Å². The van der Waals surface area contributed by atoms with Crippen molar-refractivity contribution in [3.8, 4) is 0 Å². The Morgan fingerprint density at radius 3 is 1.35 bits per heavy atom. The third-order valence-electron chi connectivity index (χ3n) is 4.42. The van der Waals surface area contributed by atoms with Crippen molar-refractivity contribution >= 4 is 45.0 Å². The van der Waals surface area contributed by atoms with Gasteiger partial charge in [0.25, 0.3) is 0 Å². The van der Waals surface area contributed by atoms with E-state index in [1.165, 1.54) is 43.8 Å². The van der Waals surface area contributed by atoms with Gasteiger partial charge in [0.15, 0.2) is 0 Å². The molecule has 4 rings (SSSR count). The molecule has 0 saturated heterocycles. The molecule has 0 saturated carbocycles. The molecule has 4 aromatic rings. The van der Waals surface area contributed by atoms with Crippen LogP contribution in [-0.4, -0.2) is 4.82 Å². The molecule has 3 heteroatoms. The Labute approximate surface area is 170 Å². The number of fused-ring (bicyclic) bond motifs is 2. The second-order valence-electron chi connectivity index (χ2n) is 6.45. The van der Waals surface area contributed by atoms with Crippen LogP contribution < -0.4 is 0 Å². The summed E-state index contributed by atoms with van der Waals surface area (Å²) in [4.78, 5) is 3.34. The maximum absolute atomic E-state index is 5.10. The molecular weight excluding hydrogens is 395 g/mol. The summed E-state index contributed by atoms with van der Waals surface area (Å²) in [6.45, 7) is 8.65. The van der Waals surface area contributed by atoms with Gasteiger partial charge in [-0.05, 0) is 13.8 Å². The molecule has 0 heterocycles. The van der Waals surface area contributed by atoms with Gasteiger partial charge in [-0.1, -0.05) is 37.1 Å². The van der Waals surface area contributed by atoms with Gasteiger partial charge in [-0.2, -0.15) is 23.3 Å². The van der Waals surface area contributed by atoms with Gasteiger partial charge < -0.3 is 0 Å². The predicted molar refractivity (Wildman–Crippen MR) is 117 cm³/mol. The molecule has 0 aromatic heterocycles. The molecule has 0 bridgehead atoms. The number of rotatable bonds is 0. The van der Waals surface area contributed by atoms with E-state index in [1.54, 1.807) is 0 Å². The number of hydrogen-bond acceptors (Lipinski definition) is 0. The number of hydrogen-bond donors (Lipinski definition) is 0. The summed E-state index contributed by atoms with van der Waals surface area (Å²) >= 11 is -1.64. The average molecular weight is 419 g/mol. The minimum atomic E-state index is -1.64. The summed E-state index contributed by atoms with van der Waals surface area (Å²) in [5, 5.41) is 5.57. The first-order chi connectivity index (χ1) is 12.3. The Bertz CT molecular complexity index is 939. The van der Waals surface area contributed by atoms with Crippen LogP contribution in [0, 0.1) is 27.7 Å². The quantitative estimate of drug-likeness (QED) is 0.202. The monoisotopic (exact) mass is 418 g/mol. The molecule has 0 N–H and O–H groups in total. The van der Waals surface area contributed by atoms with Crippen LogP contribution in [0.5, 0.6) is 0 Å². The van der Waals surface area contributed by atoms with Crippen LogP contribution in [0.4, 0.5) is 0 Å². The second kappa shape index (κ2) is 9.67. The van der Waals surface area contributed by atoms with E-state index >= 15 is 0 Å². The Balaban J connectivity index is 0.000000156. The van der Waals surface area contributed by atoms with Crippen LogP contribution in [-0.2, 0) is 15.3 Å². The van der Waals surface area contributed by atoms with E-state index in [0.29, 0.717) is 0 Å². The van der Waals surface area contributed by atoms with Crippen LogP contribution in [0.2, 0.25) is 0 Å². The third kappa shape index (κ3) is 5.41. The van der Waals surface area contributed by atoms with Crippen molar-refractivity contribution < 1.29 is 15.3 Å². The van der Waals surface area contributed by atoms with Gasteiger partial charge >= 0.3 is 38.7 Å². The van der Waals surface area contributed by atoms with Crippen molar-refractivity contribution in [2.24, 2.45) is 0 Å². The van der Waals surface area contributed by atoms with Crippen LogP contribution in [0.15, 0.2) is 60.7 Å². The van der Waals surface area contributed by atoms with E-state index < -0.39 is 15.3 Å². The summed E-state index contributed by atoms with van der Waals surface area (Å²) in [6.07, 6.45) is 0. The van der Waals surface area contributed by atoms with Crippen molar-refractivity contribution in [3.63, 3.8) is 0 Å². The average Bonchev–Trinajstić information content (AvgIpc) is 3.13. The molecule has 0 spiro atoms. The first-order valence-electron chi connectivity index (χ1n) is 8.54. The Kier molecular flexibility index (Phi) is 7.86. The van der Waals surface area contributed by atoms with Gasteiger partial charge in [0.2, 0.25) is 0 Å². The molecule has 0 aliphatic rings. The fourth-order valence-corrected chi connectivity index (χ4v) is 3.33. The SMILES string of the molecule is Cc1cccc2[cH-]cc(C)c12.Cc1cccc2[cH-]cc(C)c12.[CH2]=[Ti]([Cl])[Cl]. The molecule has 0 atom stereocenters. The van der Waals surface area contributed by atoms with Crippen molar-refractivity contribution in [3.05, 3.63) is 82.9 Å². The fourth-order valence-electron chi connectivity index (χ4n) is 3.33. The minimum absolute atomic E-state index is 1.36. The van der Waals surface area contributed by atoms with E-state index in [9.17, 15) is 0 Å². The van der Waals surface area contributed by atoms with Crippen LogP contribution in [0.1, 0.15) is 22.3 Å². The number of aryl methyl sites for hydroxylation is 4. The topological polar surface area (TPSA) is 0 Å². The van der Waals surface area contributed by atoms with E-state index in [2.05, 4.69) is 93.2 Å². The fraction of sp³-hybridized carbons (Fsp3) is 0.174. The number of halogens is 2. The summed E-state index contributed by atoms with van der Waals surface area (Å²) in [5.41, 5.74) is 5.53. The summed E-state index contributed by atoms with van der Waals surface area (Å²) < 4.78 is 0. The van der Waals surface area contributed by atoms with Crippen molar-refractivity contribution in [2.75, 3.05) is 0 Å². The second-order valence-corrected chi connectivity index (χ2v) is 12.1. The number of benzene rings is 2. The molecule has 26 heavy (non-hydrogen) atoms. The van der Waals surface area contributed by atoms with Crippen LogP contribution in [0.3, 0.4) is 0 Å². The van der Waals surface area contributed by atoms with Gasteiger partial charge in [0.05, 0.1) is 0 Å². The van der Waals surface area contributed by atoms with E-state index in [1.807, 2.05) is 0 Å². The Morgan fingerprint density at radius 1 is 0.692 bits per heavy atom. The first kappa shape index (κ1) is 21.1. The Morgan fingerprint density at radius 2 is 1.04 bits per heavy atom. The van der Waals surface area contributed by atoms with E-state index in [-0.39, 0.29) is 0 Å². The van der Waals surface area contributed by atoms with Crippen LogP contribution in [0.25, 0.3) is 21.5 Å². The van der Waals surface area contributed by atoms with Crippen LogP contribution >= 0.6 is 18.6 Å². The van der Waals surface area contributed by atoms with Gasteiger partial charge in [-0.15, -0.1) is 57.9 Å². The normalized spacial score (nSPS) is 10.1. The van der Waals surface area contributed by atoms with E-state index in [0.717, 1.165) is 0 Å². The van der Waals surface area contributed by atoms with Crippen molar-refractivity contribution in [2.45, 2.75) is 27.7 Å². The van der Waals surface area contributed by atoms with Crippen molar-refractivity contribution in [1.82, 2.24) is 0 Å². The van der Waals surface area contributed by atoms with Gasteiger partial charge in [-0.25, -0.2) is 0 Å². The molecule has 0 amide bonds. The zero-order valence-electron chi connectivity index (χ0n) is 15.7. The molecule has 0 aliphatic heterocycles. The van der Waals surface area contributed by atoms with E-state index in [4.69, 9.17) is 18.6 Å². The summed E-state index contributed by atoms with van der Waals surface area (Å²) in [6, 6.07) is 21.6. The zero-order chi connectivity index (χ0) is 19.3. The molecular formula is C23H24Cl2Ti-2. The van der Waals surface area contributed by atoms with Crippen molar-refractivity contribution in [1.29, 1.82) is 0 Å². The first-order valence-corrected chi connectivity index (χ1v) is 13.9. The maximum atomic E-state index is 5.10. The van der Waals surface area contributed by atoms with Gasteiger partial charge in [0, 0.05) is 0 Å². The predicted octanol–water partition coefficient (Wildman–Crippen LogP) is 7.70. The summed E-state index contributed by atoms with van der Waals surface area (Å²) in [7, 11) is 10.2. The molecule has 0 aliphatic carbocycles. The standard InChI is InChI=1S/2C11H11.CH2.2ClH.Ti/c2*1-8-4-3-5-10-7-6-9(2)11(8)10;;;;/h2*3-7H,1-2H3;1H2;2*1H;/q2*-1;;;;+2/p-2. The van der Waals surface area contributed by atoms with Gasteiger partial charge in [-0.3, -0.25) is 0 Å². The Hall–Kier alpha value is -1.18. The molecule has 0 nitrogen and oxygen atoms in total. The molecule has 0 radical (unpaired) electrons. The third-order valence-corrected chi connectivity index (χ3v) is 4.42. The molecule has 4 aromatic carbocycles. The molecule has 0 fully saturated rings. The molecule has 136 valence electrons.